The number of halogens is 1. The Morgan fingerprint density at radius 1 is 1.07 bits per heavy atom. The summed E-state index contributed by atoms with van der Waals surface area (Å²) in [5.41, 5.74) is 0.436. The summed E-state index contributed by atoms with van der Waals surface area (Å²) in [6.45, 7) is 0.921. The molecule has 0 radical (unpaired) electrons. The first-order valence-electron chi connectivity index (χ1n) is 8.66. The zero-order chi connectivity index (χ0) is 19.0. The summed E-state index contributed by atoms with van der Waals surface area (Å²) in [6, 6.07) is 10.4. The SMILES string of the molecule is O=C(NS(=O)(=O)c1ccc2c(c1)OCCCO2)[C@@H]1C[C@@H]1c1ccccc1F. The Morgan fingerprint density at radius 3 is 2.59 bits per heavy atom. The van der Waals surface area contributed by atoms with Gasteiger partial charge in [-0.25, -0.2) is 17.5 Å². The molecular weight excluding hydrogens is 373 g/mol. The fourth-order valence-electron chi connectivity index (χ4n) is 3.18. The lowest BCUT2D eigenvalue weighted by Crippen LogP contribution is -2.32. The summed E-state index contributed by atoms with van der Waals surface area (Å²) >= 11 is 0. The molecule has 1 aliphatic heterocycles. The Morgan fingerprint density at radius 2 is 1.81 bits per heavy atom. The molecule has 1 saturated carbocycles. The van der Waals surface area contributed by atoms with E-state index in [-0.39, 0.29) is 16.6 Å². The van der Waals surface area contributed by atoms with Gasteiger partial charge < -0.3 is 9.47 Å². The smallest absolute Gasteiger partial charge is 0.264 e. The molecule has 1 fully saturated rings. The molecule has 8 heteroatoms. The number of nitrogens with one attached hydrogen (secondary N) is 1. The second-order valence-corrected chi connectivity index (χ2v) is 8.28. The maximum atomic E-state index is 13.8. The van der Waals surface area contributed by atoms with Crippen LogP contribution in [-0.2, 0) is 14.8 Å². The summed E-state index contributed by atoms with van der Waals surface area (Å²) in [5, 5.41) is 0. The maximum Gasteiger partial charge on any atom is 0.264 e. The van der Waals surface area contributed by atoms with E-state index in [1.165, 1.54) is 24.3 Å². The van der Waals surface area contributed by atoms with Gasteiger partial charge in [0.15, 0.2) is 11.5 Å². The quantitative estimate of drug-likeness (QED) is 0.866. The number of amides is 1. The number of benzene rings is 2. The molecule has 2 aromatic rings. The number of hydrogen-bond donors (Lipinski definition) is 1. The first-order chi connectivity index (χ1) is 13.0. The molecule has 1 N–H and O–H groups in total. The normalized spacial score (nSPS) is 21.2. The molecule has 142 valence electrons. The summed E-state index contributed by atoms with van der Waals surface area (Å²) in [7, 11) is -4.05. The predicted molar refractivity (Wildman–Crippen MR) is 94.6 cm³/mol. The molecule has 0 spiro atoms. The lowest BCUT2D eigenvalue weighted by molar-refractivity contribution is -0.120. The van der Waals surface area contributed by atoms with Crippen LogP contribution in [0.5, 0.6) is 11.5 Å². The fraction of sp³-hybridized carbons (Fsp3) is 0.316. The number of carbonyl (C=O) groups is 1. The van der Waals surface area contributed by atoms with Crippen molar-refractivity contribution in [3.8, 4) is 11.5 Å². The molecule has 0 saturated heterocycles. The topological polar surface area (TPSA) is 81.7 Å². The van der Waals surface area contributed by atoms with Gasteiger partial charge in [-0.15, -0.1) is 0 Å². The van der Waals surface area contributed by atoms with Gasteiger partial charge in [-0.2, -0.15) is 0 Å². The van der Waals surface area contributed by atoms with Gasteiger partial charge in [0.25, 0.3) is 10.0 Å². The van der Waals surface area contributed by atoms with Crippen molar-refractivity contribution in [3.05, 3.63) is 53.8 Å². The Kier molecular flexibility index (Phi) is 4.51. The van der Waals surface area contributed by atoms with Crippen LogP contribution >= 0.6 is 0 Å². The standard InChI is InChI=1S/C19H18FNO5S/c20-16-5-2-1-4-13(16)14-11-15(14)19(22)21-27(23,24)12-6-7-17-18(10-12)26-9-3-8-25-17/h1-2,4-7,10,14-15H,3,8-9,11H2,(H,21,22)/t14-,15-/m1/s1. The zero-order valence-electron chi connectivity index (χ0n) is 14.4. The van der Waals surface area contributed by atoms with Crippen molar-refractivity contribution in [2.24, 2.45) is 5.92 Å². The van der Waals surface area contributed by atoms with Gasteiger partial charge in [-0.1, -0.05) is 18.2 Å². The van der Waals surface area contributed by atoms with Crippen LogP contribution in [0, 0.1) is 11.7 Å². The van der Waals surface area contributed by atoms with Crippen molar-refractivity contribution in [1.29, 1.82) is 0 Å². The molecule has 0 aromatic heterocycles. The van der Waals surface area contributed by atoms with Crippen molar-refractivity contribution >= 4 is 15.9 Å². The lowest BCUT2D eigenvalue weighted by Gasteiger charge is -2.11. The van der Waals surface area contributed by atoms with Gasteiger partial charge >= 0.3 is 0 Å². The average Bonchev–Trinajstić information content (AvgIpc) is 3.45. The largest absolute Gasteiger partial charge is 0.490 e. The van der Waals surface area contributed by atoms with Crippen molar-refractivity contribution in [2.45, 2.75) is 23.7 Å². The third-order valence-electron chi connectivity index (χ3n) is 4.70. The van der Waals surface area contributed by atoms with Crippen LogP contribution in [0.1, 0.15) is 24.3 Å². The second kappa shape index (κ2) is 6.84. The van der Waals surface area contributed by atoms with E-state index < -0.39 is 21.8 Å². The molecule has 1 heterocycles. The van der Waals surface area contributed by atoms with E-state index in [1.807, 2.05) is 0 Å². The predicted octanol–water partition coefficient (Wildman–Crippen LogP) is 2.60. The minimum absolute atomic E-state index is 0.0804. The molecule has 0 unspecified atom stereocenters. The van der Waals surface area contributed by atoms with E-state index in [9.17, 15) is 17.6 Å². The molecule has 2 aromatic carbocycles. The molecule has 0 bridgehead atoms. The molecular formula is C19H18FNO5S. The van der Waals surface area contributed by atoms with E-state index in [0.717, 1.165) is 0 Å². The Bertz CT molecular complexity index is 991. The fourth-order valence-corrected chi connectivity index (χ4v) is 4.23. The first kappa shape index (κ1) is 17.8. The summed E-state index contributed by atoms with van der Waals surface area (Å²) < 4.78 is 52.0. The molecule has 6 nitrogen and oxygen atoms in total. The van der Waals surface area contributed by atoms with Crippen molar-refractivity contribution in [3.63, 3.8) is 0 Å². The Labute approximate surface area is 156 Å². The van der Waals surface area contributed by atoms with E-state index in [0.29, 0.717) is 43.1 Å². The van der Waals surface area contributed by atoms with Crippen LogP contribution in [0.25, 0.3) is 0 Å². The van der Waals surface area contributed by atoms with Crippen LogP contribution in [-0.4, -0.2) is 27.5 Å². The van der Waals surface area contributed by atoms with Gasteiger partial charge in [0.1, 0.15) is 5.82 Å². The number of carbonyl (C=O) groups excluding carboxylic acids is 1. The monoisotopic (exact) mass is 391 g/mol. The summed E-state index contributed by atoms with van der Waals surface area (Å²) in [4.78, 5) is 12.3. The first-order valence-corrected chi connectivity index (χ1v) is 10.1. The third kappa shape index (κ3) is 3.62. The maximum absolute atomic E-state index is 13.8. The van der Waals surface area contributed by atoms with Crippen molar-refractivity contribution in [1.82, 2.24) is 4.72 Å². The number of fused-ring (bicyclic) bond motifs is 1. The van der Waals surface area contributed by atoms with Crippen LogP contribution in [0.3, 0.4) is 0 Å². The lowest BCUT2D eigenvalue weighted by atomic mass is 10.1. The third-order valence-corrected chi connectivity index (χ3v) is 6.04. The Hall–Kier alpha value is -2.61. The second-order valence-electron chi connectivity index (χ2n) is 6.60. The Balaban J connectivity index is 1.48. The van der Waals surface area contributed by atoms with Gasteiger partial charge in [-0.3, -0.25) is 4.79 Å². The minimum atomic E-state index is -4.05. The van der Waals surface area contributed by atoms with E-state index in [2.05, 4.69) is 4.72 Å². The highest BCUT2D eigenvalue weighted by Gasteiger charge is 2.46. The molecule has 4 rings (SSSR count). The number of hydrogen-bond acceptors (Lipinski definition) is 5. The highest BCUT2D eigenvalue weighted by Crippen LogP contribution is 2.48. The van der Waals surface area contributed by atoms with Crippen LogP contribution < -0.4 is 14.2 Å². The van der Waals surface area contributed by atoms with Crippen molar-refractivity contribution < 1.29 is 27.1 Å². The van der Waals surface area contributed by atoms with E-state index in [1.54, 1.807) is 18.2 Å². The summed E-state index contributed by atoms with van der Waals surface area (Å²) in [5.74, 6) is -1.07. The van der Waals surface area contributed by atoms with E-state index in [4.69, 9.17) is 9.47 Å². The van der Waals surface area contributed by atoms with Crippen LogP contribution in [0.4, 0.5) is 4.39 Å². The molecule has 2 atom stereocenters. The minimum Gasteiger partial charge on any atom is -0.490 e. The van der Waals surface area contributed by atoms with Gasteiger partial charge in [0, 0.05) is 18.4 Å². The molecule has 1 aliphatic carbocycles. The van der Waals surface area contributed by atoms with Crippen LogP contribution in [0.15, 0.2) is 47.4 Å². The molecule has 1 amide bonds. The molecule has 27 heavy (non-hydrogen) atoms. The summed E-state index contributed by atoms with van der Waals surface area (Å²) in [6.07, 6.45) is 1.12. The van der Waals surface area contributed by atoms with E-state index >= 15 is 0 Å². The van der Waals surface area contributed by atoms with Gasteiger partial charge in [0.05, 0.1) is 18.1 Å². The highest BCUT2D eigenvalue weighted by molar-refractivity contribution is 7.90. The number of rotatable bonds is 4. The highest BCUT2D eigenvalue weighted by atomic mass is 32.2. The van der Waals surface area contributed by atoms with Crippen molar-refractivity contribution in [2.75, 3.05) is 13.2 Å². The zero-order valence-corrected chi connectivity index (χ0v) is 15.2. The van der Waals surface area contributed by atoms with Gasteiger partial charge in [-0.05, 0) is 36.1 Å². The average molecular weight is 391 g/mol. The molecule has 2 aliphatic rings. The number of sulfonamides is 1. The van der Waals surface area contributed by atoms with Crippen LogP contribution in [0.2, 0.25) is 0 Å². The number of ether oxygens (including phenoxy) is 2. The van der Waals surface area contributed by atoms with Gasteiger partial charge in [0.2, 0.25) is 5.91 Å².